The van der Waals surface area contributed by atoms with Crippen molar-refractivity contribution in [1.82, 2.24) is 10.3 Å². The molecule has 1 N–H and O–H groups in total. The van der Waals surface area contributed by atoms with E-state index in [0.717, 1.165) is 41.4 Å². The van der Waals surface area contributed by atoms with Crippen molar-refractivity contribution >= 4 is 28.6 Å². The maximum atomic E-state index is 12.8. The van der Waals surface area contributed by atoms with E-state index in [4.69, 9.17) is 4.74 Å². The molecule has 1 aliphatic heterocycles. The summed E-state index contributed by atoms with van der Waals surface area (Å²) in [6, 6.07) is 19.7. The topological polar surface area (TPSA) is 71.5 Å². The molecule has 31 heavy (non-hydrogen) atoms. The molecule has 2 heterocycles. The number of ether oxygens (including phenoxy) is 1. The van der Waals surface area contributed by atoms with Gasteiger partial charge in [-0.3, -0.25) is 9.78 Å². The third kappa shape index (κ3) is 3.85. The van der Waals surface area contributed by atoms with Crippen LogP contribution in [0.15, 0.2) is 66.9 Å². The minimum absolute atomic E-state index is 0.0836. The van der Waals surface area contributed by atoms with Crippen LogP contribution in [0.1, 0.15) is 24.8 Å². The van der Waals surface area contributed by atoms with Gasteiger partial charge >= 0.3 is 6.09 Å². The number of fused-ring (bicyclic) bond motifs is 2. The Morgan fingerprint density at radius 3 is 2.77 bits per heavy atom. The number of hydrogen-bond acceptors (Lipinski definition) is 4. The SMILES string of the molecule is O=C(NC[C@H]1CC[C@@H]2C(=O)N(c3cccc4cccnc34)[C@@H]2C1)OCc1ccccc1. The Labute approximate surface area is 181 Å². The molecule has 2 fully saturated rings. The van der Waals surface area contributed by atoms with E-state index in [2.05, 4.69) is 10.3 Å². The molecule has 158 valence electrons. The number of nitrogens with zero attached hydrogens (tertiary/aromatic N) is 2. The molecule has 1 aliphatic carbocycles. The van der Waals surface area contributed by atoms with Gasteiger partial charge in [-0.1, -0.05) is 48.5 Å². The largest absolute Gasteiger partial charge is 0.445 e. The number of nitrogens with one attached hydrogen (secondary N) is 1. The van der Waals surface area contributed by atoms with Gasteiger partial charge in [-0.2, -0.15) is 0 Å². The number of pyridine rings is 1. The lowest BCUT2D eigenvalue weighted by molar-refractivity contribution is -0.132. The highest BCUT2D eigenvalue weighted by molar-refractivity contribution is 6.08. The van der Waals surface area contributed by atoms with Gasteiger partial charge in [0.1, 0.15) is 6.61 Å². The lowest BCUT2D eigenvalue weighted by atomic mass is 9.71. The summed E-state index contributed by atoms with van der Waals surface area (Å²) in [4.78, 5) is 31.4. The Kier molecular flexibility index (Phi) is 5.28. The van der Waals surface area contributed by atoms with Crippen LogP contribution in [-0.4, -0.2) is 29.6 Å². The van der Waals surface area contributed by atoms with Gasteiger partial charge in [0.2, 0.25) is 5.91 Å². The summed E-state index contributed by atoms with van der Waals surface area (Å²) in [7, 11) is 0. The first-order valence-electron chi connectivity index (χ1n) is 10.8. The summed E-state index contributed by atoms with van der Waals surface area (Å²) in [6.45, 7) is 0.824. The molecule has 1 saturated heterocycles. The lowest BCUT2D eigenvalue weighted by Gasteiger charge is -2.51. The van der Waals surface area contributed by atoms with E-state index in [1.165, 1.54) is 0 Å². The number of benzene rings is 2. The van der Waals surface area contributed by atoms with Crippen molar-refractivity contribution in [2.45, 2.75) is 31.9 Å². The number of hydrogen-bond donors (Lipinski definition) is 1. The van der Waals surface area contributed by atoms with Crippen LogP contribution in [0.4, 0.5) is 10.5 Å². The van der Waals surface area contributed by atoms with Gasteiger partial charge < -0.3 is 15.0 Å². The second-order valence-corrected chi connectivity index (χ2v) is 8.36. The van der Waals surface area contributed by atoms with E-state index in [1.54, 1.807) is 6.20 Å². The molecule has 5 rings (SSSR count). The summed E-state index contributed by atoms with van der Waals surface area (Å²) in [6.07, 6.45) is 4.04. The maximum absolute atomic E-state index is 12.8. The Morgan fingerprint density at radius 2 is 1.90 bits per heavy atom. The lowest BCUT2D eigenvalue weighted by Crippen LogP contribution is -2.64. The highest BCUT2D eigenvalue weighted by Crippen LogP contribution is 2.44. The molecular weight excluding hydrogens is 390 g/mol. The fourth-order valence-corrected chi connectivity index (χ4v) is 4.83. The number of amides is 2. The van der Waals surface area contributed by atoms with E-state index in [1.807, 2.05) is 65.6 Å². The zero-order valence-corrected chi connectivity index (χ0v) is 17.2. The first-order chi connectivity index (χ1) is 15.2. The van der Waals surface area contributed by atoms with Gasteiger partial charge in [0, 0.05) is 24.2 Å². The molecule has 0 bridgehead atoms. The molecule has 2 aromatic carbocycles. The summed E-state index contributed by atoms with van der Waals surface area (Å²) in [5, 5.41) is 3.93. The first kappa shape index (κ1) is 19.5. The van der Waals surface area contributed by atoms with Gasteiger partial charge in [-0.05, 0) is 42.9 Å². The summed E-state index contributed by atoms with van der Waals surface area (Å²) < 4.78 is 5.31. The Hall–Kier alpha value is -3.41. The molecule has 0 unspecified atom stereocenters. The van der Waals surface area contributed by atoms with Crippen LogP contribution < -0.4 is 10.2 Å². The van der Waals surface area contributed by atoms with Gasteiger partial charge in [-0.25, -0.2) is 4.79 Å². The molecule has 0 spiro atoms. The molecule has 0 radical (unpaired) electrons. The summed E-state index contributed by atoms with van der Waals surface area (Å²) >= 11 is 0. The fraction of sp³-hybridized carbons (Fsp3) is 0.320. The smallest absolute Gasteiger partial charge is 0.407 e. The number of rotatable bonds is 5. The van der Waals surface area contributed by atoms with Gasteiger partial charge in [0.15, 0.2) is 0 Å². The predicted molar refractivity (Wildman–Crippen MR) is 118 cm³/mol. The zero-order chi connectivity index (χ0) is 21.2. The quantitative estimate of drug-likeness (QED) is 0.631. The average molecular weight is 415 g/mol. The molecule has 3 atom stereocenters. The number of para-hydroxylation sites is 1. The van der Waals surface area contributed by atoms with Crippen molar-refractivity contribution in [2.75, 3.05) is 11.4 Å². The van der Waals surface area contributed by atoms with E-state index in [0.29, 0.717) is 12.5 Å². The zero-order valence-electron chi connectivity index (χ0n) is 17.2. The summed E-state index contributed by atoms with van der Waals surface area (Å²) in [5.74, 6) is 0.598. The van der Waals surface area contributed by atoms with Crippen molar-refractivity contribution in [2.24, 2.45) is 11.8 Å². The normalized spacial score (nSPS) is 22.5. The second kappa shape index (κ2) is 8.38. The monoisotopic (exact) mass is 415 g/mol. The second-order valence-electron chi connectivity index (χ2n) is 8.36. The summed E-state index contributed by atoms with van der Waals surface area (Å²) in [5.41, 5.74) is 2.72. The molecule has 2 aliphatic rings. The van der Waals surface area contributed by atoms with Crippen molar-refractivity contribution in [3.8, 4) is 0 Å². The van der Waals surface area contributed by atoms with Crippen LogP contribution in [0.3, 0.4) is 0 Å². The number of alkyl carbamates (subject to hydrolysis) is 1. The molecule has 1 saturated carbocycles. The Bertz CT molecular complexity index is 1100. The third-order valence-corrected chi connectivity index (χ3v) is 6.43. The van der Waals surface area contributed by atoms with Crippen molar-refractivity contribution in [3.63, 3.8) is 0 Å². The van der Waals surface area contributed by atoms with Gasteiger partial charge in [0.25, 0.3) is 0 Å². The van der Waals surface area contributed by atoms with Crippen molar-refractivity contribution < 1.29 is 14.3 Å². The Balaban J connectivity index is 1.20. The van der Waals surface area contributed by atoms with E-state index < -0.39 is 6.09 Å². The van der Waals surface area contributed by atoms with E-state index in [9.17, 15) is 9.59 Å². The molecule has 6 heteroatoms. The maximum Gasteiger partial charge on any atom is 0.407 e. The number of anilines is 1. The highest BCUT2D eigenvalue weighted by Gasteiger charge is 2.51. The standard InChI is InChI=1S/C25H25N3O3/c29-24-20-12-11-18(15-27-25(30)31-16-17-6-2-1-3-7-17)14-22(20)28(24)21-10-4-8-19-9-5-13-26-23(19)21/h1-10,13,18,20,22H,11-12,14-16H2,(H,27,30)/t18-,20-,22+/m0/s1. The van der Waals surface area contributed by atoms with Gasteiger partial charge in [0.05, 0.1) is 17.1 Å². The molecule has 6 nitrogen and oxygen atoms in total. The molecule has 3 aromatic rings. The number of β-lactam (4-membered cyclic amide) rings is 1. The molecule has 1 aromatic heterocycles. The van der Waals surface area contributed by atoms with E-state index >= 15 is 0 Å². The van der Waals surface area contributed by atoms with Gasteiger partial charge in [-0.15, -0.1) is 0 Å². The molecule has 2 amide bonds. The first-order valence-corrected chi connectivity index (χ1v) is 10.8. The van der Waals surface area contributed by atoms with Crippen molar-refractivity contribution in [3.05, 3.63) is 72.4 Å². The fourth-order valence-electron chi connectivity index (χ4n) is 4.83. The predicted octanol–water partition coefficient (Wildman–Crippen LogP) is 4.29. The average Bonchev–Trinajstić information content (AvgIpc) is 2.82. The third-order valence-electron chi connectivity index (χ3n) is 6.43. The van der Waals surface area contributed by atoms with Crippen LogP contribution in [-0.2, 0) is 16.1 Å². The van der Waals surface area contributed by atoms with Crippen LogP contribution >= 0.6 is 0 Å². The minimum Gasteiger partial charge on any atom is -0.445 e. The number of carbonyl (C=O) groups is 2. The minimum atomic E-state index is -0.397. The van der Waals surface area contributed by atoms with Crippen LogP contribution in [0.25, 0.3) is 10.9 Å². The van der Waals surface area contributed by atoms with Crippen LogP contribution in [0.5, 0.6) is 0 Å². The number of carbonyl (C=O) groups excluding carboxylic acids is 2. The highest BCUT2D eigenvalue weighted by atomic mass is 16.5. The van der Waals surface area contributed by atoms with Crippen LogP contribution in [0, 0.1) is 11.8 Å². The Morgan fingerprint density at radius 1 is 1.06 bits per heavy atom. The number of aromatic nitrogens is 1. The van der Waals surface area contributed by atoms with Crippen LogP contribution in [0.2, 0.25) is 0 Å². The van der Waals surface area contributed by atoms with E-state index in [-0.39, 0.29) is 24.5 Å². The van der Waals surface area contributed by atoms with Crippen molar-refractivity contribution in [1.29, 1.82) is 0 Å². The molecular formula is C25H25N3O3.